The van der Waals surface area contributed by atoms with Crippen molar-refractivity contribution < 1.29 is 4.79 Å². The summed E-state index contributed by atoms with van der Waals surface area (Å²) in [5.74, 6) is 0.498. The van der Waals surface area contributed by atoms with Crippen LogP contribution in [0, 0.1) is 0 Å². The first-order valence-electron chi connectivity index (χ1n) is 12.2. The molecule has 9 nitrogen and oxygen atoms in total. The second-order valence-corrected chi connectivity index (χ2v) is 9.93. The first-order chi connectivity index (χ1) is 19.2. The fourth-order valence-electron chi connectivity index (χ4n) is 4.55. The van der Waals surface area contributed by atoms with Crippen LogP contribution in [0.2, 0.25) is 0 Å². The van der Waals surface area contributed by atoms with E-state index in [1.54, 1.807) is 36.1 Å². The van der Waals surface area contributed by atoms with E-state index in [0.29, 0.717) is 28.5 Å². The SMILES string of the molecule is O=C(Cc1ccccc1)Nc1cncc(-c2cnc3[nH]nc(-c4nc5c(-c6cccs6)ccnc5[nH]4)c3c2)c1. The van der Waals surface area contributed by atoms with Crippen LogP contribution in [0.5, 0.6) is 0 Å². The predicted molar refractivity (Wildman–Crippen MR) is 152 cm³/mol. The Kier molecular flexibility index (Phi) is 5.64. The van der Waals surface area contributed by atoms with Crippen molar-refractivity contribution in [2.24, 2.45) is 0 Å². The van der Waals surface area contributed by atoms with Gasteiger partial charge in [-0.2, -0.15) is 5.10 Å². The highest BCUT2D eigenvalue weighted by molar-refractivity contribution is 7.13. The minimum absolute atomic E-state index is 0.105. The lowest BCUT2D eigenvalue weighted by Gasteiger charge is -2.07. The number of carbonyl (C=O) groups excluding carboxylic acids is 1. The van der Waals surface area contributed by atoms with Gasteiger partial charge in [-0.1, -0.05) is 36.4 Å². The minimum atomic E-state index is -0.105. The van der Waals surface area contributed by atoms with Crippen LogP contribution in [0.1, 0.15) is 5.56 Å². The van der Waals surface area contributed by atoms with Crippen molar-refractivity contribution in [2.75, 3.05) is 5.32 Å². The third kappa shape index (κ3) is 4.42. The normalized spacial score (nSPS) is 11.3. The highest BCUT2D eigenvalue weighted by Crippen LogP contribution is 2.33. The zero-order valence-corrected chi connectivity index (χ0v) is 21.2. The summed E-state index contributed by atoms with van der Waals surface area (Å²) in [6.07, 6.45) is 7.20. The Morgan fingerprint density at radius 1 is 0.923 bits per heavy atom. The van der Waals surface area contributed by atoms with Crippen molar-refractivity contribution in [2.45, 2.75) is 6.42 Å². The molecule has 0 aliphatic heterocycles. The summed E-state index contributed by atoms with van der Waals surface area (Å²) in [7, 11) is 0. The maximum atomic E-state index is 12.6. The van der Waals surface area contributed by atoms with Gasteiger partial charge < -0.3 is 10.3 Å². The lowest BCUT2D eigenvalue weighted by atomic mass is 10.1. The Bertz CT molecular complexity index is 1940. The quantitative estimate of drug-likeness (QED) is 0.248. The Balaban J connectivity index is 1.21. The molecule has 188 valence electrons. The molecule has 0 saturated carbocycles. The van der Waals surface area contributed by atoms with E-state index in [4.69, 9.17) is 4.98 Å². The van der Waals surface area contributed by atoms with Crippen LogP contribution in [0.4, 0.5) is 5.69 Å². The number of nitrogens with zero attached hydrogens (tertiary/aromatic N) is 5. The fraction of sp³-hybridized carbons (Fsp3) is 0.0345. The molecular weight excluding hydrogens is 508 g/mol. The van der Waals surface area contributed by atoms with Gasteiger partial charge in [-0.3, -0.25) is 14.9 Å². The summed E-state index contributed by atoms with van der Waals surface area (Å²) in [5, 5.41) is 13.3. The number of fused-ring (bicyclic) bond motifs is 2. The Morgan fingerprint density at radius 3 is 2.69 bits per heavy atom. The number of aromatic amines is 2. The summed E-state index contributed by atoms with van der Waals surface area (Å²) < 4.78 is 0. The van der Waals surface area contributed by atoms with Crippen molar-refractivity contribution in [1.29, 1.82) is 0 Å². The summed E-state index contributed by atoms with van der Waals surface area (Å²) in [6, 6.07) is 19.6. The molecule has 0 saturated heterocycles. The molecule has 1 amide bonds. The van der Waals surface area contributed by atoms with E-state index < -0.39 is 0 Å². The zero-order valence-electron chi connectivity index (χ0n) is 20.4. The number of amides is 1. The molecule has 7 aromatic rings. The van der Waals surface area contributed by atoms with Crippen molar-refractivity contribution in [1.82, 2.24) is 35.1 Å². The number of carbonyl (C=O) groups is 1. The van der Waals surface area contributed by atoms with E-state index in [1.807, 2.05) is 60.0 Å². The summed E-state index contributed by atoms with van der Waals surface area (Å²) in [5.41, 5.74) is 7.02. The monoisotopic (exact) mass is 528 g/mol. The van der Waals surface area contributed by atoms with Crippen molar-refractivity contribution >= 4 is 45.1 Å². The molecule has 6 aromatic heterocycles. The lowest BCUT2D eigenvalue weighted by Crippen LogP contribution is -2.14. The van der Waals surface area contributed by atoms with E-state index >= 15 is 0 Å². The van der Waals surface area contributed by atoms with Gasteiger partial charge in [0, 0.05) is 40.2 Å². The molecule has 0 aliphatic carbocycles. The number of aromatic nitrogens is 7. The largest absolute Gasteiger partial charge is 0.324 e. The van der Waals surface area contributed by atoms with Gasteiger partial charge in [0.15, 0.2) is 17.1 Å². The first kappa shape index (κ1) is 22.9. The molecule has 39 heavy (non-hydrogen) atoms. The molecule has 0 fully saturated rings. The second kappa shape index (κ2) is 9.58. The second-order valence-electron chi connectivity index (χ2n) is 8.98. The third-order valence-corrected chi connectivity index (χ3v) is 7.28. The molecule has 0 bridgehead atoms. The average Bonchev–Trinajstić information content (AvgIpc) is 3.73. The molecule has 0 unspecified atom stereocenters. The number of anilines is 1. The van der Waals surface area contributed by atoms with Gasteiger partial charge in [0.2, 0.25) is 5.91 Å². The number of nitrogens with one attached hydrogen (secondary N) is 3. The Labute approximate surface area is 226 Å². The van der Waals surface area contributed by atoms with Crippen LogP contribution >= 0.6 is 11.3 Å². The van der Waals surface area contributed by atoms with Crippen LogP contribution in [0.15, 0.2) is 90.8 Å². The minimum Gasteiger partial charge on any atom is -0.324 e. The third-order valence-electron chi connectivity index (χ3n) is 6.37. The van der Waals surface area contributed by atoms with Gasteiger partial charge in [-0.25, -0.2) is 15.0 Å². The molecule has 6 heterocycles. The predicted octanol–water partition coefficient (Wildman–Crippen LogP) is 5.87. The molecule has 0 aliphatic rings. The number of thiophene rings is 1. The number of pyridine rings is 3. The van der Waals surface area contributed by atoms with Gasteiger partial charge in [0.05, 0.1) is 23.7 Å². The maximum Gasteiger partial charge on any atom is 0.228 e. The lowest BCUT2D eigenvalue weighted by molar-refractivity contribution is -0.115. The van der Waals surface area contributed by atoms with Crippen LogP contribution < -0.4 is 5.32 Å². The maximum absolute atomic E-state index is 12.6. The number of benzene rings is 1. The van der Waals surface area contributed by atoms with Crippen molar-refractivity contribution in [3.63, 3.8) is 0 Å². The number of imidazole rings is 1. The van der Waals surface area contributed by atoms with Crippen LogP contribution in [-0.2, 0) is 11.2 Å². The van der Waals surface area contributed by atoms with E-state index in [9.17, 15) is 4.79 Å². The zero-order chi connectivity index (χ0) is 26.2. The standard InChI is InChI=1S/C29H20N8OS/c38-24(11-17-5-2-1-3-6-17)33-20-12-18(14-30-16-20)19-13-22-26(36-37-27(22)32-15-19)29-34-25-21(23-7-4-10-39-23)8-9-31-28(25)35-29/h1-10,12-16H,11H2,(H,33,38)(H,31,34,35)(H,32,36,37). The van der Waals surface area contributed by atoms with E-state index in [1.165, 1.54) is 0 Å². The molecule has 7 rings (SSSR count). The highest BCUT2D eigenvalue weighted by atomic mass is 32.1. The molecule has 0 spiro atoms. The van der Waals surface area contributed by atoms with E-state index in [0.717, 1.165) is 38.0 Å². The summed E-state index contributed by atoms with van der Waals surface area (Å²) in [4.78, 5) is 35.3. The van der Waals surface area contributed by atoms with E-state index in [-0.39, 0.29) is 12.3 Å². The van der Waals surface area contributed by atoms with Gasteiger partial charge >= 0.3 is 0 Å². The van der Waals surface area contributed by atoms with E-state index in [2.05, 4.69) is 41.5 Å². The van der Waals surface area contributed by atoms with Gasteiger partial charge in [-0.15, -0.1) is 11.3 Å². The smallest absolute Gasteiger partial charge is 0.228 e. The summed E-state index contributed by atoms with van der Waals surface area (Å²) in [6.45, 7) is 0. The van der Waals surface area contributed by atoms with Crippen LogP contribution in [0.25, 0.3) is 55.3 Å². The Hall–Kier alpha value is -5.22. The average molecular weight is 529 g/mol. The molecule has 10 heteroatoms. The van der Waals surface area contributed by atoms with Gasteiger partial charge in [0.25, 0.3) is 0 Å². The molecule has 1 aromatic carbocycles. The van der Waals surface area contributed by atoms with Gasteiger partial charge in [0.1, 0.15) is 11.2 Å². The number of hydrogen-bond acceptors (Lipinski definition) is 7. The number of rotatable bonds is 6. The number of H-pyrrole nitrogens is 2. The topological polar surface area (TPSA) is 125 Å². The van der Waals surface area contributed by atoms with Gasteiger partial charge in [-0.05, 0) is 35.2 Å². The van der Waals surface area contributed by atoms with Crippen molar-refractivity contribution in [3.8, 4) is 33.1 Å². The van der Waals surface area contributed by atoms with Crippen LogP contribution in [0.3, 0.4) is 0 Å². The molecule has 3 N–H and O–H groups in total. The fourth-order valence-corrected chi connectivity index (χ4v) is 5.30. The van der Waals surface area contributed by atoms with Crippen LogP contribution in [-0.4, -0.2) is 41.0 Å². The molecular formula is C29H20N8OS. The summed E-state index contributed by atoms with van der Waals surface area (Å²) >= 11 is 1.66. The molecule has 0 radical (unpaired) electrons. The molecule has 0 atom stereocenters. The number of hydrogen-bond donors (Lipinski definition) is 3. The van der Waals surface area contributed by atoms with Crippen molar-refractivity contribution in [3.05, 3.63) is 96.4 Å². The first-order valence-corrected chi connectivity index (χ1v) is 13.1. The highest BCUT2D eigenvalue weighted by Gasteiger charge is 2.17. The Morgan fingerprint density at radius 2 is 1.82 bits per heavy atom.